The molecule has 3 atom stereocenters. The Morgan fingerprint density at radius 1 is 1.30 bits per heavy atom. The third-order valence-corrected chi connectivity index (χ3v) is 9.75. The van der Waals surface area contributed by atoms with E-state index in [1.54, 1.807) is 18.2 Å². The van der Waals surface area contributed by atoms with Crippen LogP contribution in [0.4, 0.5) is 0 Å². The predicted molar refractivity (Wildman–Crippen MR) is 128 cm³/mol. The van der Waals surface area contributed by atoms with Gasteiger partial charge >= 0.3 is 0 Å². The zero-order chi connectivity index (χ0) is 21.4. The number of hydrogen-bond donors (Lipinski definition) is 0. The highest BCUT2D eigenvalue weighted by Gasteiger charge is 2.64. The quantitative estimate of drug-likeness (QED) is 0.373. The summed E-state index contributed by atoms with van der Waals surface area (Å²) in [5.41, 5.74) is 0.973. The van der Waals surface area contributed by atoms with Crippen LogP contribution in [0.15, 0.2) is 43.1 Å². The molecular weight excluding hydrogens is 482 g/mol. The Labute approximate surface area is 193 Å². The zero-order valence-electron chi connectivity index (χ0n) is 17.0. The van der Waals surface area contributed by atoms with E-state index in [4.69, 9.17) is 16.6 Å². The van der Waals surface area contributed by atoms with Crippen molar-refractivity contribution in [1.82, 2.24) is 4.90 Å². The van der Waals surface area contributed by atoms with Crippen LogP contribution in [0.2, 0.25) is 0 Å². The molecule has 5 rings (SSSR count). The molecule has 2 bridgehead atoms. The SMILES string of the molecule is CC1(C)C2CCC1(C)C(N1C(=O)/C(=C/c3coc4ccc(Br)cc4c3=O)SC1=S)C2. The molecule has 0 spiro atoms. The molecule has 30 heavy (non-hydrogen) atoms. The molecule has 3 aliphatic rings. The van der Waals surface area contributed by atoms with Crippen molar-refractivity contribution in [2.75, 3.05) is 0 Å². The van der Waals surface area contributed by atoms with Gasteiger partial charge in [0.2, 0.25) is 0 Å². The minimum absolute atomic E-state index is 0.0572. The van der Waals surface area contributed by atoms with Crippen LogP contribution in [0.5, 0.6) is 0 Å². The van der Waals surface area contributed by atoms with Crippen molar-refractivity contribution in [3.63, 3.8) is 0 Å². The normalized spacial score (nSPS) is 31.5. The van der Waals surface area contributed by atoms with E-state index in [0.717, 1.165) is 17.3 Å². The van der Waals surface area contributed by atoms with Gasteiger partial charge in [-0.15, -0.1) is 0 Å². The molecule has 3 fully saturated rings. The molecule has 0 radical (unpaired) electrons. The molecule has 1 aromatic heterocycles. The molecular formula is C23H22BrNO3S2. The van der Waals surface area contributed by atoms with Crippen LogP contribution >= 0.6 is 39.9 Å². The molecule has 3 unspecified atom stereocenters. The molecule has 1 aromatic carbocycles. The average Bonchev–Trinajstić information content (AvgIpc) is 3.17. The fourth-order valence-corrected chi connectivity index (χ4v) is 7.37. The average molecular weight is 504 g/mol. The van der Waals surface area contributed by atoms with E-state index >= 15 is 0 Å². The van der Waals surface area contributed by atoms with Crippen molar-refractivity contribution >= 4 is 67.2 Å². The summed E-state index contributed by atoms with van der Waals surface area (Å²) in [6.45, 7) is 6.97. The molecule has 2 heterocycles. The van der Waals surface area contributed by atoms with Crippen molar-refractivity contribution in [2.24, 2.45) is 16.7 Å². The number of carbonyl (C=O) groups excluding carboxylic acids is 1. The van der Waals surface area contributed by atoms with Crippen LogP contribution in [-0.2, 0) is 4.79 Å². The summed E-state index contributed by atoms with van der Waals surface area (Å²) in [5.74, 6) is 0.528. The van der Waals surface area contributed by atoms with Gasteiger partial charge in [-0.3, -0.25) is 14.5 Å². The maximum atomic E-state index is 13.4. The van der Waals surface area contributed by atoms with Gasteiger partial charge < -0.3 is 4.42 Å². The van der Waals surface area contributed by atoms with Crippen LogP contribution < -0.4 is 5.43 Å². The number of fused-ring (bicyclic) bond motifs is 3. The van der Waals surface area contributed by atoms with E-state index in [2.05, 4.69) is 36.7 Å². The first-order valence-electron chi connectivity index (χ1n) is 10.1. The summed E-state index contributed by atoms with van der Waals surface area (Å²) >= 11 is 10.3. The number of halogens is 1. The second-order valence-electron chi connectivity index (χ2n) is 9.34. The lowest BCUT2D eigenvalue weighted by Gasteiger charge is -2.42. The van der Waals surface area contributed by atoms with Gasteiger partial charge in [0.25, 0.3) is 5.91 Å². The van der Waals surface area contributed by atoms with Crippen molar-refractivity contribution in [3.05, 3.63) is 49.6 Å². The number of nitrogens with zero attached hydrogens (tertiary/aromatic N) is 1. The largest absolute Gasteiger partial charge is 0.463 e. The van der Waals surface area contributed by atoms with Gasteiger partial charge in [0.15, 0.2) is 5.43 Å². The Bertz CT molecular complexity index is 1200. The first-order chi connectivity index (χ1) is 14.1. The molecule has 156 valence electrons. The number of thioether (sulfide) groups is 1. The third-order valence-electron chi connectivity index (χ3n) is 7.93. The lowest BCUT2D eigenvalue weighted by atomic mass is 9.69. The fraction of sp³-hybridized carbons (Fsp3) is 0.435. The zero-order valence-corrected chi connectivity index (χ0v) is 20.2. The summed E-state index contributed by atoms with van der Waals surface area (Å²) < 4.78 is 7.02. The maximum absolute atomic E-state index is 13.4. The minimum Gasteiger partial charge on any atom is -0.463 e. The van der Waals surface area contributed by atoms with Gasteiger partial charge in [0, 0.05) is 10.5 Å². The number of amides is 1. The first kappa shape index (κ1) is 20.5. The van der Waals surface area contributed by atoms with Crippen molar-refractivity contribution in [1.29, 1.82) is 0 Å². The lowest BCUT2D eigenvalue weighted by molar-refractivity contribution is -0.125. The molecule has 7 heteroatoms. The van der Waals surface area contributed by atoms with E-state index in [1.807, 2.05) is 11.0 Å². The Kier molecular flexibility index (Phi) is 4.62. The number of carbonyl (C=O) groups is 1. The smallest absolute Gasteiger partial charge is 0.266 e. The van der Waals surface area contributed by atoms with E-state index in [1.165, 1.54) is 24.4 Å². The van der Waals surface area contributed by atoms with Gasteiger partial charge in [-0.05, 0) is 60.3 Å². The van der Waals surface area contributed by atoms with Crippen molar-refractivity contribution in [3.8, 4) is 0 Å². The summed E-state index contributed by atoms with van der Waals surface area (Å²) in [6, 6.07) is 5.44. The minimum atomic E-state index is -0.157. The van der Waals surface area contributed by atoms with E-state index in [-0.39, 0.29) is 28.2 Å². The molecule has 2 aliphatic carbocycles. The van der Waals surface area contributed by atoms with E-state index in [9.17, 15) is 9.59 Å². The number of thiocarbonyl (C=S) groups is 1. The Hall–Kier alpha value is -1.44. The first-order valence-corrected chi connectivity index (χ1v) is 12.1. The fourth-order valence-electron chi connectivity index (χ4n) is 5.66. The van der Waals surface area contributed by atoms with Crippen LogP contribution in [0.25, 0.3) is 17.0 Å². The standard InChI is InChI=1S/C23H22BrNO3S2/c1-22(2)13-6-7-23(22,3)18(9-13)25-20(27)17(30-21(25)29)8-12-11-28-16-5-4-14(24)10-15(16)19(12)26/h4-5,8,10-11,13,18H,6-7,9H2,1-3H3/b17-8-. The van der Waals surface area contributed by atoms with Crippen molar-refractivity contribution in [2.45, 2.75) is 46.1 Å². The van der Waals surface area contributed by atoms with E-state index in [0.29, 0.717) is 31.7 Å². The molecule has 1 amide bonds. The van der Waals surface area contributed by atoms with Crippen LogP contribution in [0.1, 0.15) is 45.6 Å². The maximum Gasteiger partial charge on any atom is 0.266 e. The second kappa shape index (κ2) is 6.78. The summed E-state index contributed by atoms with van der Waals surface area (Å²) in [7, 11) is 0. The molecule has 1 aliphatic heterocycles. The topological polar surface area (TPSA) is 50.5 Å². The molecule has 4 nitrogen and oxygen atoms in total. The van der Waals surface area contributed by atoms with Gasteiger partial charge in [0.05, 0.1) is 15.9 Å². The van der Waals surface area contributed by atoms with Crippen LogP contribution in [-0.4, -0.2) is 21.2 Å². The highest BCUT2D eigenvalue weighted by atomic mass is 79.9. The van der Waals surface area contributed by atoms with Crippen LogP contribution in [0, 0.1) is 16.7 Å². The number of benzene rings is 1. The summed E-state index contributed by atoms with van der Waals surface area (Å²) in [5, 5.41) is 0.482. The molecule has 2 saturated carbocycles. The Morgan fingerprint density at radius 2 is 2.07 bits per heavy atom. The predicted octanol–water partition coefficient (Wildman–Crippen LogP) is 5.97. The number of hydrogen-bond acceptors (Lipinski definition) is 5. The lowest BCUT2D eigenvalue weighted by Crippen LogP contribution is -2.49. The summed E-state index contributed by atoms with van der Waals surface area (Å²) in [4.78, 5) is 28.6. The molecule has 0 N–H and O–H groups in total. The highest BCUT2D eigenvalue weighted by molar-refractivity contribution is 9.10. The summed E-state index contributed by atoms with van der Waals surface area (Å²) in [6.07, 6.45) is 6.39. The second-order valence-corrected chi connectivity index (χ2v) is 11.9. The highest BCUT2D eigenvalue weighted by Crippen LogP contribution is 2.67. The van der Waals surface area contributed by atoms with E-state index < -0.39 is 0 Å². The Morgan fingerprint density at radius 3 is 2.73 bits per heavy atom. The molecule has 1 saturated heterocycles. The van der Waals surface area contributed by atoms with Crippen molar-refractivity contribution < 1.29 is 9.21 Å². The Balaban J connectivity index is 1.51. The number of rotatable bonds is 2. The molecule has 2 aromatic rings. The van der Waals surface area contributed by atoms with Gasteiger partial charge in [0.1, 0.15) is 16.2 Å². The van der Waals surface area contributed by atoms with Crippen LogP contribution in [0.3, 0.4) is 0 Å². The van der Waals surface area contributed by atoms with Gasteiger partial charge in [-0.2, -0.15) is 0 Å². The van der Waals surface area contributed by atoms with Gasteiger partial charge in [-0.25, -0.2) is 0 Å². The monoisotopic (exact) mass is 503 g/mol. The van der Waals surface area contributed by atoms with Gasteiger partial charge in [-0.1, -0.05) is 60.7 Å². The third kappa shape index (κ3) is 2.74.